The summed E-state index contributed by atoms with van der Waals surface area (Å²) in [5.41, 5.74) is 0. The second-order valence-electron chi connectivity index (χ2n) is 5.42. The highest BCUT2D eigenvalue weighted by atomic mass is 16.7. The summed E-state index contributed by atoms with van der Waals surface area (Å²) >= 11 is 0. The summed E-state index contributed by atoms with van der Waals surface area (Å²) in [6.45, 7) is 3.23. The van der Waals surface area contributed by atoms with Crippen molar-refractivity contribution in [3.8, 4) is 0 Å². The Morgan fingerprint density at radius 2 is 1.56 bits per heavy atom. The van der Waals surface area contributed by atoms with Gasteiger partial charge in [0.2, 0.25) is 0 Å². The molecule has 0 aromatic carbocycles. The highest BCUT2D eigenvalue weighted by Crippen LogP contribution is 2.29. The molecule has 0 amide bonds. The van der Waals surface area contributed by atoms with E-state index in [1.54, 1.807) is 0 Å². The molecule has 0 aromatic rings. The number of aliphatic hydroxyl groups excluding tert-OH is 1. The summed E-state index contributed by atoms with van der Waals surface area (Å²) in [6.07, 6.45) is -6.64. The summed E-state index contributed by atoms with van der Waals surface area (Å²) in [5.74, 6) is -1.86. The van der Waals surface area contributed by atoms with E-state index in [0.717, 1.165) is 0 Å². The Labute approximate surface area is 145 Å². The SMILES string of the molecule is COC1C(O)OC(C(COC(C)=O)OC(C)=O)C(OC)C1OC(C)=O. The molecule has 1 N–H and O–H groups in total. The van der Waals surface area contributed by atoms with Crippen LogP contribution >= 0.6 is 0 Å². The molecule has 144 valence electrons. The molecule has 1 fully saturated rings. The number of rotatable bonds is 7. The first kappa shape index (κ1) is 21.3. The van der Waals surface area contributed by atoms with Gasteiger partial charge in [0.25, 0.3) is 0 Å². The molecule has 0 radical (unpaired) electrons. The van der Waals surface area contributed by atoms with Gasteiger partial charge in [0.1, 0.15) is 24.9 Å². The molecule has 6 unspecified atom stereocenters. The first-order chi connectivity index (χ1) is 11.7. The van der Waals surface area contributed by atoms with Crippen molar-refractivity contribution in [2.75, 3.05) is 20.8 Å². The Kier molecular flexibility index (Phi) is 8.23. The number of methoxy groups -OCH3 is 2. The second-order valence-corrected chi connectivity index (χ2v) is 5.42. The maximum Gasteiger partial charge on any atom is 0.303 e. The van der Waals surface area contributed by atoms with Gasteiger partial charge < -0.3 is 33.5 Å². The topological polar surface area (TPSA) is 127 Å². The van der Waals surface area contributed by atoms with Gasteiger partial charge in [-0.15, -0.1) is 0 Å². The normalized spacial score (nSPS) is 30.2. The van der Waals surface area contributed by atoms with Crippen molar-refractivity contribution >= 4 is 17.9 Å². The van der Waals surface area contributed by atoms with E-state index < -0.39 is 54.7 Å². The third-order valence-electron chi connectivity index (χ3n) is 3.53. The van der Waals surface area contributed by atoms with E-state index >= 15 is 0 Å². The molecule has 0 bridgehead atoms. The molecular weight excluding hydrogens is 340 g/mol. The molecule has 25 heavy (non-hydrogen) atoms. The van der Waals surface area contributed by atoms with E-state index in [0.29, 0.717) is 0 Å². The van der Waals surface area contributed by atoms with Gasteiger partial charge in [-0.05, 0) is 0 Å². The zero-order valence-corrected chi connectivity index (χ0v) is 14.8. The lowest BCUT2D eigenvalue weighted by atomic mass is 9.94. The fraction of sp³-hybridized carbons (Fsp3) is 0.800. The van der Waals surface area contributed by atoms with E-state index in [4.69, 9.17) is 28.4 Å². The highest BCUT2D eigenvalue weighted by molar-refractivity contribution is 5.67. The molecular formula is C15H24O10. The van der Waals surface area contributed by atoms with E-state index in [-0.39, 0.29) is 6.61 Å². The average molecular weight is 364 g/mol. The van der Waals surface area contributed by atoms with Crippen LogP contribution in [-0.4, -0.2) is 80.7 Å². The first-order valence-corrected chi connectivity index (χ1v) is 7.58. The van der Waals surface area contributed by atoms with Gasteiger partial charge in [-0.3, -0.25) is 14.4 Å². The van der Waals surface area contributed by atoms with Gasteiger partial charge in [-0.25, -0.2) is 0 Å². The maximum absolute atomic E-state index is 11.4. The predicted molar refractivity (Wildman–Crippen MR) is 80.2 cm³/mol. The number of ether oxygens (including phenoxy) is 6. The average Bonchev–Trinajstić information content (AvgIpc) is 2.50. The van der Waals surface area contributed by atoms with E-state index in [9.17, 15) is 19.5 Å². The van der Waals surface area contributed by atoms with Gasteiger partial charge in [-0.2, -0.15) is 0 Å². The number of esters is 3. The van der Waals surface area contributed by atoms with Crippen molar-refractivity contribution < 1.29 is 47.9 Å². The van der Waals surface area contributed by atoms with Crippen molar-refractivity contribution in [1.82, 2.24) is 0 Å². The van der Waals surface area contributed by atoms with Crippen LogP contribution in [0.2, 0.25) is 0 Å². The Bertz CT molecular complexity index is 479. The van der Waals surface area contributed by atoms with Crippen molar-refractivity contribution in [2.45, 2.75) is 57.6 Å². The Morgan fingerprint density at radius 3 is 2.00 bits per heavy atom. The third kappa shape index (κ3) is 5.92. The van der Waals surface area contributed by atoms with Crippen molar-refractivity contribution in [3.63, 3.8) is 0 Å². The van der Waals surface area contributed by atoms with Crippen molar-refractivity contribution in [1.29, 1.82) is 0 Å². The number of aliphatic hydroxyl groups is 1. The van der Waals surface area contributed by atoms with Crippen LogP contribution in [0.4, 0.5) is 0 Å². The molecule has 1 aliphatic heterocycles. The van der Waals surface area contributed by atoms with Gasteiger partial charge in [0.05, 0.1) is 0 Å². The summed E-state index contributed by atoms with van der Waals surface area (Å²) < 4.78 is 31.1. The van der Waals surface area contributed by atoms with Crippen molar-refractivity contribution in [3.05, 3.63) is 0 Å². The Hall–Kier alpha value is -1.75. The maximum atomic E-state index is 11.4. The lowest BCUT2D eigenvalue weighted by molar-refractivity contribution is -0.309. The molecule has 1 saturated heterocycles. The van der Waals surface area contributed by atoms with Gasteiger partial charge in [-0.1, -0.05) is 0 Å². The second kappa shape index (κ2) is 9.66. The van der Waals surface area contributed by atoms with E-state index in [1.807, 2.05) is 0 Å². The van der Waals surface area contributed by atoms with Gasteiger partial charge in [0, 0.05) is 35.0 Å². The number of carbonyl (C=O) groups is 3. The first-order valence-electron chi connectivity index (χ1n) is 7.58. The number of hydrogen-bond acceptors (Lipinski definition) is 10. The molecule has 1 rings (SSSR count). The zero-order valence-electron chi connectivity index (χ0n) is 14.8. The molecule has 0 spiro atoms. The molecule has 0 aromatic heterocycles. The fourth-order valence-corrected chi connectivity index (χ4v) is 2.60. The van der Waals surface area contributed by atoms with Crippen LogP contribution in [0.5, 0.6) is 0 Å². The van der Waals surface area contributed by atoms with Crippen molar-refractivity contribution in [2.24, 2.45) is 0 Å². The van der Waals surface area contributed by atoms with E-state index in [1.165, 1.54) is 35.0 Å². The fourth-order valence-electron chi connectivity index (χ4n) is 2.60. The summed E-state index contributed by atoms with van der Waals surface area (Å²) in [5, 5.41) is 10.2. The number of hydrogen-bond donors (Lipinski definition) is 1. The van der Waals surface area contributed by atoms with Crippen LogP contribution in [0, 0.1) is 0 Å². The van der Waals surface area contributed by atoms with Crippen LogP contribution in [0.15, 0.2) is 0 Å². The molecule has 1 aliphatic rings. The monoisotopic (exact) mass is 364 g/mol. The predicted octanol–water partition coefficient (Wildman–Crippen LogP) is -0.840. The van der Waals surface area contributed by atoms with Crippen LogP contribution in [-0.2, 0) is 42.8 Å². The molecule has 10 nitrogen and oxygen atoms in total. The molecule has 10 heteroatoms. The minimum atomic E-state index is -1.49. The standard InChI is InChI=1S/C15H24O10/c1-7(16)22-6-10(23-8(2)17)11-12(20-4)13(24-9(3)18)14(21-5)15(19)25-11/h10-15,19H,6H2,1-5H3. The van der Waals surface area contributed by atoms with Crippen LogP contribution in [0.3, 0.4) is 0 Å². The van der Waals surface area contributed by atoms with E-state index in [2.05, 4.69) is 0 Å². The van der Waals surface area contributed by atoms with Gasteiger partial charge >= 0.3 is 17.9 Å². The minimum absolute atomic E-state index is 0.323. The molecule has 0 aliphatic carbocycles. The molecule has 1 heterocycles. The van der Waals surface area contributed by atoms with Crippen LogP contribution < -0.4 is 0 Å². The summed E-state index contributed by atoms with van der Waals surface area (Å²) in [6, 6.07) is 0. The smallest absolute Gasteiger partial charge is 0.303 e. The van der Waals surface area contributed by atoms with Gasteiger partial charge in [0.15, 0.2) is 18.5 Å². The zero-order chi connectivity index (χ0) is 19.1. The largest absolute Gasteiger partial charge is 0.462 e. The number of carbonyl (C=O) groups excluding carboxylic acids is 3. The Morgan fingerprint density at radius 1 is 0.960 bits per heavy atom. The molecule has 0 saturated carbocycles. The quantitative estimate of drug-likeness (QED) is 0.451. The summed E-state index contributed by atoms with van der Waals surface area (Å²) in [7, 11) is 2.64. The minimum Gasteiger partial charge on any atom is -0.462 e. The lowest BCUT2D eigenvalue weighted by Crippen LogP contribution is -2.63. The van der Waals surface area contributed by atoms with Crippen LogP contribution in [0.25, 0.3) is 0 Å². The highest BCUT2D eigenvalue weighted by Gasteiger charge is 2.51. The summed E-state index contributed by atoms with van der Waals surface area (Å²) in [4.78, 5) is 33.8. The third-order valence-corrected chi connectivity index (χ3v) is 3.53. The van der Waals surface area contributed by atoms with Crippen LogP contribution in [0.1, 0.15) is 20.8 Å². The Balaban J connectivity index is 3.11. The lowest BCUT2D eigenvalue weighted by Gasteiger charge is -2.44. The molecule has 6 atom stereocenters.